The Bertz CT molecular complexity index is 586. The van der Waals surface area contributed by atoms with Crippen LogP contribution >= 0.6 is 24.0 Å². The van der Waals surface area contributed by atoms with Crippen molar-refractivity contribution in [2.75, 3.05) is 20.2 Å². The largest absolute Gasteiger partial charge is 0.377 e. The SMILES string of the molecule is CN=C(NCCCCn1ccnc1C)NC1C2CCOC2C1(C)C.I. The van der Waals surface area contributed by atoms with Crippen LogP contribution in [-0.4, -0.2) is 47.9 Å². The number of aryl methyl sites for hydroxylation is 2. The van der Waals surface area contributed by atoms with Gasteiger partial charge in [0.2, 0.25) is 0 Å². The van der Waals surface area contributed by atoms with E-state index in [-0.39, 0.29) is 29.4 Å². The third kappa shape index (κ3) is 4.30. The van der Waals surface area contributed by atoms with Gasteiger partial charge >= 0.3 is 0 Å². The number of fused-ring (bicyclic) bond motifs is 1. The highest BCUT2D eigenvalue weighted by Crippen LogP contribution is 2.52. The molecule has 2 heterocycles. The number of nitrogens with zero attached hydrogens (tertiary/aromatic N) is 3. The van der Waals surface area contributed by atoms with Crippen molar-refractivity contribution < 1.29 is 4.74 Å². The second-order valence-electron chi connectivity index (χ2n) is 7.56. The fourth-order valence-corrected chi connectivity index (χ4v) is 4.21. The van der Waals surface area contributed by atoms with E-state index in [9.17, 15) is 0 Å². The van der Waals surface area contributed by atoms with Gasteiger partial charge in [0.25, 0.3) is 0 Å². The maximum Gasteiger partial charge on any atom is 0.191 e. The zero-order valence-electron chi connectivity index (χ0n) is 15.8. The molecule has 1 aromatic rings. The number of rotatable bonds is 6. The first-order valence-corrected chi connectivity index (χ1v) is 9.10. The molecule has 0 bridgehead atoms. The highest BCUT2D eigenvalue weighted by molar-refractivity contribution is 14.0. The summed E-state index contributed by atoms with van der Waals surface area (Å²) in [5.74, 6) is 2.63. The highest BCUT2D eigenvalue weighted by Gasteiger charge is 2.59. The normalized spacial score (nSPS) is 27.2. The number of unbranched alkanes of at least 4 members (excludes halogenated alkanes) is 1. The molecule has 1 saturated carbocycles. The predicted molar refractivity (Wildman–Crippen MR) is 112 cm³/mol. The fraction of sp³-hybridized carbons (Fsp3) is 0.778. The Labute approximate surface area is 168 Å². The molecule has 2 N–H and O–H groups in total. The lowest BCUT2D eigenvalue weighted by Gasteiger charge is -2.54. The number of guanidine groups is 1. The van der Waals surface area contributed by atoms with Gasteiger partial charge in [-0.05, 0) is 26.2 Å². The summed E-state index contributed by atoms with van der Waals surface area (Å²) < 4.78 is 8.06. The lowest BCUT2D eigenvalue weighted by atomic mass is 9.57. The van der Waals surface area contributed by atoms with E-state index in [1.807, 2.05) is 26.4 Å². The topological polar surface area (TPSA) is 63.5 Å². The molecule has 1 aliphatic heterocycles. The van der Waals surface area contributed by atoms with Gasteiger partial charge in [-0.1, -0.05) is 13.8 Å². The summed E-state index contributed by atoms with van der Waals surface area (Å²) in [5.41, 5.74) is 0.178. The van der Waals surface area contributed by atoms with Crippen LogP contribution in [0.3, 0.4) is 0 Å². The Kier molecular flexibility index (Phi) is 7.13. The molecule has 142 valence electrons. The minimum Gasteiger partial charge on any atom is -0.377 e. The van der Waals surface area contributed by atoms with E-state index in [0.717, 1.165) is 50.7 Å². The summed E-state index contributed by atoms with van der Waals surface area (Å²) in [6.45, 7) is 9.48. The number of ether oxygens (including phenoxy) is 1. The second kappa shape index (κ2) is 8.70. The predicted octanol–water partition coefficient (Wildman–Crippen LogP) is 2.57. The third-order valence-corrected chi connectivity index (χ3v) is 5.66. The van der Waals surface area contributed by atoms with Crippen molar-refractivity contribution in [3.05, 3.63) is 18.2 Å². The van der Waals surface area contributed by atoms with Crippen LogP contribution < -0.4 is 10.6 Å². The van der Waals surface area contributed by atoms with Gasteiger partial charge in [0.1, 0.15) is 5.82 Å². The fourth-order valence-electron chi connectivity index (χ4n) is 4.21. The average Bonchev–Trinajstić information content (AvgIpc) is 3.18. The van der Waals surface area contributed by atoms with Crippen molar-refractivity contribution in [2.24, 2.45) is 16.3 Å². The summed E-state index contributed by atoms with van der Waals surface area (Å²) in [4.78, 5) is 8.64. The number of halogens is 1. The standard InChI is InChI=1S/C18H31N5O.HI/c1-13-20-9-11-23(13)10-6-5-8-21-17(19-4)22-15-14-7-12-24-16(14)18(15,2)3;/h9,11,14-16H,5-8,10,12H2,1-4H3,(H2,19,21,22);1H. The Hall–Kier alpha value is -0.830. The Morgan fingerprint density at radius 1 is 1.44 bits per heavy atom. The van der Waals surface area contributed by atoms with E-state index in [2.05, 4.69) is 39.0 Å². The lowest BCUT2D eigenvalue weighted by Crippen LogP contribution is -2.67. The van der Waals surface area contributed by atoms with Crippen LogP contribution in [0.25, 0.3) is 0 Å². The van der Waals surface area contributed by atoms with Crippen LogP contribution in [0.5, 0.6) is 0 Å². The van der Waals surface area contributed by atoms with Crippen LogP contribution in [0.2, 0.25) is 0 Å². The molecule has 1 saturated heterocycles. The van der Waals surface area contributed by atoms with Gasteiger partial charge in [-0.3, -0.25) is 4.99 Å². The Morgan fingerprint density at radius 3 is 2.92 bits per heavy atom. The zero-order chi connectivity index (χ0) is 17.2. The van der Waals surface area contributed by atoms with Gasteiger partial charge in [0.15, 0.2) is 5.96 Å². The third-order valence-electron chi connectivity index (χ3n) is 5.66. The molecule has 7 heteroatoms. The van der Waals surface area contributed by atoms with Gasteiger partial charge in [-0.15, -0.1) is 24.0 Å². The number of hydrogen-bond acceptors (Lipinski definition) is 3. The molecular formula is C18H32IN5O. The maximum absolute atomic E-state index is 5.86. The van der Waals surface area contributed by atoms with Crippen molar-refractivity contribution in [1.82, 2.24) is 20.2 Å². The first-order valence-electron chi connectivity index (χ1n) is 9.10. The van der Waals surface area contributed by atoms with Crippen LogP contribution in [0.15, 0.2) is 17.4 Å². The monoisotopic (exact) mass is 461 g/mol. The molecule has 2 aliphatic rings. The van der Waals surface area contributed by atoms with E-state index >= 15 is 0 Å². The lowest BCUT2D eigenvalue weighted by molar-refractivity contribution is -0.106. The van der Waals surface area contributed by atoms with Crippen LogP contribution in [0.1, 0.15) is 38.9 Å². The van der Waals surface area contributed by atoms with Gasteiger partial charge in [-0.2, -0.15) is 0 Å². The molecule has 3 atom stereocenters. The first-order chi connectivity index (χ1) is 11.5. The highest BCUT2D eigenvalue weighted by atomic mass is 127. The second-order valence-corrected chi connectivity index (χ2v) is 7.56. The molecular weight excluding hydrogens is 429 g/mol. The average molecular weight is 461 g/mol. The summed E-state index contributed by atoms with van der Waals surface area (Å²) in [7, 11) is 1.85. The number of hydrogen-bond donors (Lipinski definition) is 2. The zero-order valence-corrected chi connectivity index (χ0v) is 18.1. The number of aliphatic imine (C=N–C) groups is 1. The first kappa shape index (κ1) is 20.5. The molecule has 3 unspecified atom stereocenters. The van der Waals surface area contributed by atoms with Gasteiger partial charge in [0, 0.05) is 56.5 Å². The number of nitrogens with one attached hydrogen (secondary N) is 2. The molecule has 0 radical (unpaired) electrons. The maximum atomic E-state index is 5.86. The minimum absolute atomic E-state index is 0. The summed E-state index contributed by atoms with van der Waals surface area (Å²) in [6.07, 6.45) is 7.72. The summed E-state index contributed by atoms with van der Waals surface area (Å²) in [6, 6.07) is 0.449. The van der Waals surface area contributed by atoms with E-state index < -0.39 is 0 Å². The van der Waals surface area contributed by atoms with Crippen LogP contribution in [0, 0.1) is 18.3 Å². The van der Waals surface area contributed by atoms with Gasteiger partial charge in [0.05, 0.1) is 6.10 Å². The molecule has 3 rings (SSSR count). The molecule has 6 nitrogen and oxygen atoms in total. The van der Waals surface area contributed by atoms with Crippen LogP contribution in [-0.2, 0) is 11.3 Å². The van der Waals surface area contributed by atoms with Crippen molar-refractivity contribution in [3.63, 3.8) is 0 Å². The Balaban J connectivity index is 0.00000225. The molecule has 25 heavy (non-hydrogen) atoms. The molecule has 2 fully saturated rings. The van der Waals surface area contributed by atoms with E-state index in [1.165, 1.54) is 0 Å². The van der Waals surface area contributed by atoms with E-state index in [0.29, 0.717) is 18.1 Å². The smallest absolute Gasteiger partial charge is 0.191 e. The number of aromatic nitrogens is 2. The molecule has 1 aliphatic carbocycles. The van der Waals surface area contributed by atoms with Gasteiger partial charge in [-0.25, -0.2) is 4.98 Å². The minimum atomic E-state index is 0. The van der Waals surface area contributed by atoms with Crippen molar-refractivity contribution >= 4 is 29.9 Å². The summed E-state index contributed by atoms with van der Waals surface area (Å²) in [5, 5.41) is 7.08. The molecule has 0 aromatic carbocycles. The molecule has 0 amide bonds. The van der Waals surface area contributed by atoms with Gasteiger partial charge < -0.3 is 19.9 Å². The van der Waals surface area contributed by atoms with Crippen molar-refractivity contribution in [3.8, 4) is 0 Å². The van der Waals surface area contributed by atoms with Crippen molar-refractivity contribution in [2.45, 2.75) is 58.7 Å². The summed E-state index contributed by atoms with van der Waals surface area (Å²) >= 11 is 0. The van der Waals surface area contributed by atoms with Crippen molar-refractivity contribution in [1.29, 1.82) is 0 Å². The molecule has 0 spiro atoms. The van der Waals surface area contributed by atoms with E-state index in [4.69, 9.17) is 4.74 Å². The Morgan fingerprint density at radius 2 is 2.24 bits per heavy atom. The van der Waals surface area contributed by atoms with E-state index in [1.54, 1.807) is 0 Å². The molecule has 1 aromatic heterocycles. The van der Waals surface area contributed by atoms with Crippen LogP contribution in [0.4, 0.5) is 0 Å². The number of imidazole rings is 1. The quantitative estimate of drug-likeness (QED) is 0.296.